The number of aryl methyl sites for hydroxylation is 3. The SMILES string of the molecule is Cc1cc(C)n(Cc2cccc(CNC(=O)CCc3ccc(OC(F)F)cc3)c2)n1. The van der Waals surface area contributed by atoms with Crippen LogP contribution < -0.4 is 10.1 Å². The number of carbonyl (C=O) groups is 1. The lowest BCUT2D eigenvalue weighted by molar-refractivity contribution is -0.121. The molecule has 0 fully saturated rings. The van der Waals surface area contributed by atoms with E-state index in [0.717, 1.165) is 28.1 Å². The second kappa shape index (κ2) is 10.0. The molecule has 5 nitrogen and oxygen atoms in total. The van der Waals surface area contributed by atoms with Gasteiger partial charge in [0, 0.05) is 18.7 Å². The Morgan fingerprint density at radius 3 is 2.47 bits per heavy atom. The molecule has 0 radical (unpaired) electrons. The number of ether oxygens (including phenoxy) is 1. The fourth-order valence-corrected chi connectivity index (χ4v) is 3.23. The number of carbonyl (C=O) groups excluding carboxylic acids is 1. The second-order valence-corrected chi connectivity index (χ2v) is 7.20. The third-order valence-electron chi connectivity index (χ3n) is 4.71. The molecule has 2 aromatic carbocycles. The van der Waals surface area contributed by atoms with Crippen LogP contribution in [0.15, 0.2) is 54.6 Å². The van der Waals surface area contributed by atoms with E-state index in [2.05, 4.69) is 21.2 Å². The van der Waals surface area contributed by atoms with Crippen LogP contribution in [-0.4, -0.2) is 22.3 Å². The molecule has 1 heterocycles. The number of nitrogens with one attached hydrogen (secondary N) is 1. The minimum Gasteiger partial charge on any atom is -0.435 e. The van der Waals surface area contributed by atoms with E-state index in [1.807, 2.05) is 42.8 Å². The lowest BCUT2D eigenvalue weighted by atomic mass is 10.1. The Kier molecular flexibility index (Phi) is 7.17. The zero-order chi connectivity index (χ0) is 21.5. The standard InChI is InChI=1S/C23H25F2N3O2/c1-16-12-17(2)28(27-16)15-20-5-3-4-19(13-20)14-26-22(29)11-8-18-6-9-21(10-7-18)30-23(24)25/h3-7,9-10,12-13,23H,8,11,14-15H2,1-2H3,(H,26,29). The summed E-state index contributed by atoms with van der Waals surface area (Å²) in [5.41, 5.74) is 5.14. The van der Waals surface area contributed by atoms with Crippen molar-refractivity contribution in [3.05, 3.63) is 82.7 Å². The van der Waals surface area contributed by atoms with Crippen molar-refractivity contribution in [3.8, 4) is 5.75 Å². The van der Waals surface area contributed by atoms with Gasteiger partial charge in [-0.2, -0.15) is 13.9 Å². The largest absolute Gasteiger partial charge is 0.435 e. The maximum Gasteiger partial charge on any atom is 0.387 e. The highest BCUT2D eigenvalue weighted by Gasteiger charge is 2.07. The highest BCUT2D eigenvalue weighted by molar-refractivity contribution is 5.76. The van der Waals surface area contributed by atoms with Gasteiger partial charge in [-0.05, 0) is 55.2 Å². The van der Waals surface area contributed by atoms with Gasteiger partial charge in [0.25, 0.3) is 0 Å². The predicted octanol–water partition coefficient (Wildman–Crippen LogP) is 4.40. The molecule has 0 saturated carbocycles. The zero-order valence-electron chi connectivity index (χ0n) is 17.1. The van der Waals surface area contributed by atoms with Crippen LogP contribution in [0.2, 0.25) is 0 Å². The molecule has 0 unspecified atom stereocenters. The maximum absolute atomic E-state index is 12.2. The van der Waals surface area contributed by atoms with Crippen LogP contribution in [-0.2, 0) is 24.3 Å². The van der Waals surface area contributed by atoms with E-state index in [1.54, 1.807) is 12.1 Å². The van der Waals surface area contributed by atoms with Gasteiger partial charge in [0.1, 0.15) is 5.75 Å². The molecule has 0 aliphatic carbocycles. The van der Waals surface area contributed by atoms with Crippen LogP contribution >= 0.6 is 0 Å². The normalized spacial score (nSPS) is 11.0. The quantitative estimate of drug-likeness (QED) is 0.566. The number of aromatic nitrogens is 2. The molecule has 1 amide bonds. The Labute approximate surface area is 174 Å². The summed E-state index contributed by atoms with van der Waals surface area (Å²) in [5, 5.41) is 7.41. The zero-order valence-corrected chi connectivity index (χ0v) is 17.1. The molecule has 0 aliphatic heterocycles. The first kappa shape index (κ1) is 21.5. The molecule has 1 aromatic heterocycles. The van der Waals surface area contributed by atoms with Crippen LogP contribution in [0.3, 0.4) is 0 Å². The first-order chi connectivity index (χ1) is 14.4. The first-order valence-electron chi connectivity index (χ1n) is 9.78. The van der Waals surface area contributed by atoms with Gasteiger partial charge in [0.2, 0.25) is 5.91 Å². The van der Waals surface area contributed by atoms with Crippen LogP contribution in [0.25, 0.3) is 0 Å². The van der Waals surface area contributed by atoms with Gasteiger partial charge < -0.3 is 10.1 Å². The summed E-state index contributed by atoms with van der Waals surface area (Å²) >= 11 is 0. The Morgan fingerprint density at radius 2 is 1.80 bits per heavy atom. The highest BCUT2D eigenvalue weighted by atomic mass is 19.3. The molecule has 1 N–H and O–H groups in total. The summed E-state index contributed by atoms with van der Waals surface area (Å²) in [5.74, 6) is 0.0467. The van der Waals surface area contributed by atoms with E-state index in [9.17, 15) is 13.6 Å². The van der Waals surface area contributed by atoms with E-state index >= 15 is 0 Å². The summed E-state index contributed by atoms with van der Waals surface area (Å²) in [6, 6.07) is 16.5. The Bertz CT molecular complexity index is 984. The van der Waals surface area contributed by atoms with Crippen LogP contribution in [0, 0.1) is 13.8 Å². The first-order valence-corrected chi connectivity index (χ1v) is 9.78. The molecular formula is C23H25F2N3O2. The smallest absolute Gasteiger partial charge is 0.387 e. The molecule has 0 saturated heterocycles. The van der Waals surface area contributed by atoms with Gasteiger partial charge >= 0.3 is 6.61 Å². The van der Waals surface area contributed by atoms with Crippen LogP contribution in [0.1, 0.15) is 34.5 Å². The molecule has 3 rings (SSSR count). The monoisotopic (exact) mass is 413 g/mol. The molecule has 0 atom stereocenters. The molecule has 0 spiro atoms. The van der Waals surface area contributed by atoms with E-state index in [4.69, 9.17) is 0 Å². The number of halogens is 2. The average molecular weight is 413 g/mol. The minimum absolute atomic E-state index is 0.0631. The second-order valence-electron chi connectivity index (χ2n) is 7.20. The number of amides is 1. The summed E-state index contributed by atoms with van der Waals surface area (Å²) in [7, 11) is 0. The van der Waals surface area contributed by atoms with E-state index in [0.29, 0.717) is 25.9 Å². The number of hydrogen-bond acceptors (Lipinski definition) is 3. The lowest BCUT2D eigenvalue weighted by Crippen LogP contribution is -2.23. The van der Waals surface area contributed by atoms with Crippen molar-refractivity contribution in [2.75, 3.05) is 0 Å². The molecule has 3 aromatic rings. The number of alkyl halides is 2. The Balaban J connectivity index is 1.47. The van der Waals surface area contributed by atoms with Gasteiger partial charge in [0.15, 0.2) is 0 Å². The van der Waals surface area contributed by atoms with Crippen molar-refractivity contribution < 1.29 is 18.3 Å². The molecule has 30 heavy (non-hydrogen) atoms. The Morgan fingerprint density at radius 1 is 1.07 bits per heavy atom. The van der Waals surface area contributed by atoms with Crippen molar-refractivity contribution in [2.24, 2.45) is 0 Å². The molecular weight excluding hydrogens is 388 g/mol. The summed E-state index contributed by atoms with van der Waals surface area (Å²) in [4.78, 5) is 12.2. The van der Waals surface area contributed by atoms with Crippen molar-refractivity contribution in [1.29, 1.82) is 0 Å². The predicted molar refractivity (Wildman–Crippen MR) is 110 cm³/mol. The summed E-state index contributed by atoms with van der Waals surface area (Å²) < 4.78 is 30.6. The van der Waals surface area contributed by atoms with Gasteiger partial charge in [-0.1, -0.05) is 36.4 Å². The molecule has 7 heteroatoms. The molecule has 0 aliphatic rings. The van der Waals surface area contributed by atoms with Crippen molar-refractivity contribution in [3.63, 3.8) is 0 Å². The topological polar surface area (TPSA) is 56.2 Å². The summed E-state index contributed by atoms with van der Waals surface area (Å²) in [6.07, 6.45) is 0.846. The van der Waals surface area contributed by atoms with Crippen LogP contribution in [0.4, 0.5) is 8.78 Å². The molecule has 0 bridgehead atoms. The number of hydrogen-bond donors (Lipinski definition) is 1. The number of benzene rings is 2. The van der Waals surface area contributed by atoms with Crippen molar-refractivity contribution >= 4 is 5.91 Å². The Hall–Kier alpha value is -3.22. The summed E-state index contributed by atoms with van der Waals surface area (Å²) in [6.45, 7) is 2.30. The average Bonchev–Trinajstić information content (AvgIpc) is 3.02. The van der Waals surface area contributed by atoms with Crippen molar-refractivity contribution in [1.82, 2.24) is 15.1 Å². The fourth-order valence-electron chi connectivity index (χ4n) is 3.23. The number of rotatable bonds is 9. The minimum atomic E-state index is -2.84. The van der Waals surface area contributed by atoms with Gasteiger partial charge in [-0.25, -0.2) is 0 Å². The lowest BCUT2D eigenvalue weighted by Gasteiger charge is -2.09. The third kappa shape index (κ3) is 6.40. The molecule has 158 valence electrons. The van der Waals surface area contributed by atoms with Gasteiger partial charge in [-0.3, -0.25) is 9.48 Å². The third-order valence-corrected chi connectivity index (χ3v) is 4.71. The highest BCUT2D eigenvalue weighted by Crippen LogP contribution is 2.16. The van der Waals surface area contributed by atoms with Crippen LogP contribution in [0.5, 0.6) is 5.75 Å². The maximum atomic E-state index is 12.2. The van der Waals surface area contributed by atoms with Gasteiger partial charge in [-0.15, -0.1) is 0 Å². The van der Waals surface area contributed by atoms with Gasteiger partial charge in [0.05, 0.1) is 12.2 Å². The van der Waals surface area contributed by atoms with E-state index < -0.39 is 6.61 Å². The fraction of sp³-hybridized carbons (Fsp3) is 0.304. The van der Waals surface area contributed by atoms with E-state index in [1.165, 1.54) is 12.1 Å². The van der Waals surface area contributed by atoms with E-state index in [-0.39, 0.29) is 11.7 Å². The van der Waals surface area contributed by atoms with Crippen molar-refractivity contribution in [2.45, 2.75) is 46.4 Å². The number of nitrogens with zero attached hydrogens (tertiary/aromatic N) is 2.